The third-order valence-electron chi connectivity index (χ3n) is 4.13. The molecule has 0 radical (unpaired) electrons. The summed E-state index contributed by atoms with van der Waals surface area (Å²) in [7, 11) is 0. The van der Waals surface area contributed by atoms with E-state index >= 15 is 0 Å². The van der Waals surface area contributed by atoms with Crippen LogP contribution in [0.1, 0.15) is 22.6 Å². The van der Waals surface area contributed by atoms with E-state index in [0.29, 0.717) is 11.3 Å². The van der Waals surface area contributed by atoms with Gasteiger partial charge in [0.15, 0.2) is 12.2 Å². The van der Waals surface area contributed by atoms with Gasteiger partial charge in [0.1, 0.15) is 5.82 Å². The molecule has 3 heterocycles. The van der Waals surface area contributed by atoms with E-state index in [2.05, 4.69) is 19.9 Å². The van der Waals surface area contributed by atoms with E-state index in [9.17, 15) is 4.79 Å². The number of nitrogens with zero attached hydrogens (tertiary/aromatic N) is 3. The molecule has 0 bridgehead atoms. The number of nitrogens with one attached hydrogen (secondary N) is 1. The molecule has 23 heavy (non-hydrogen) atoms. The molecule has 1 aromatic carbocycles. The van der Waals surface area contributed by atoms with E-state index in [1.54, 1.807) is 18.3 Å². The fraction of sp³-hybridized carbons (Fsp3) is 0.235. The summed E-state index contributed by atoms with van der Waals surface area (Å²) in [6.07, 6.45) is 8.62. The zero-order valence-corrected chi connectivity index (χ0v) is 12.5. The van der Waals surface area contributed by atoms with Gasteiger partial charge in [0.2, 0.25) is 0 Å². The Bertz CT molecular complexity index is 806. The number of imidazole rings is 1. The van der Waals surface area contributed by atoms with Gasteiger partial charge in [-0.05, 0) is 18.6 Å². The Morgan fingerprint density at radius 3 is 2.96 bits per heavy atom. The van der Waals surface area contributed by atoms with Crippen LogP contribution in [0.4, 0.5) is 0 Å². The Morgan fingerprint density at radius 2 is 2.17 bits per heavy atom. The molecule has 6 heteroatoms. The SMILES string of the molecule is O=C(NC1CCc2nccn2C1)c1ccc(-c2cnco2)cc1. The van der Waals surface area contributed by atoms with Crippen LogP contribution in [0.2, 0.25) is 0 Å². The highest BCUT2D eigenvalue weighted by Crippen LogP contribution is 2.19. The Labute approximate surface area is 133 Å². The van der Waals surface area contributed by atoms with Crippen LogP contribution in [-0.4, -0.2) is 26.5 Å². The Hall–Kier alpha value is -2.89. The van der Waals surface area contributed by atoms with E-state index in [0.717, 1.165) is 30.8 Å². The number of carbonyl (C=O) groups excluding carboxylic acids is 1. The van der Waals surface area contributed by atoms with Gasteiger partial charge in [-0.15, -0.1) is 0 Å². The summed E-state index contributed by atoms with van der Waals surface area (Å²) in [6, 6.07) is 7.48. The van der Waals surface area contributed by atoms with Crippen molar-refractivity contribution in [2.45, 2.75) is 25.4 Å². The summed E-state index contributed by atoms with van der Waals surface area (Å²) < 4.78 is 7.35. The fourth-order valence-electron chi connectivity index (χ4n) is 2.90. The van der Waals surface area contributed by atoms with Gasteiger partial charge >= 0.3 is 0 Å². The van der Waals surface area contributed by atoms with Crippen LogP contribution in [-0.2, 0) is 13.0 Å². The highest BCUT2D eigenvalue weighted by atomic mass is 16.3. The van der Waals surface area contributed by atoms with Gasteiger partial charge in [0, 0.05) is 42.5 Å². The molecule has 0 saturated carbocycles. The molecule has 1 aliphatic rings. The molecule has 116 valence electrons. The Morgan fingerprint density at radius 1 is 1.30 bits per heavy atom. The number of aryl methyl sites for hydroxylation is 1. The first kappa shape index (κ1) is 13.8. The lowest BCUT2D eigenvalue weighted by Crippen LogP contribution is -2.40. The molecular weight excluding hydrogens is 292 g/mol. The molecule has 0 fully saturated rings. The van der Waals surface area contributed by atoms with Gasteiger partial charge in [-0.2, -0.15) is 0 Å². The van der Waals surface area contributed by atoms with Crippen molar-refractivity contribution in [2.75, 3.05) is 0 Å². The molecule has 1 atom stereocenters. The van der Waals surface area contributed by atoms with Crippen LogP contribution in [0, 0.1) is 0 Å². The van der Waals surface area contributed by atoms with Crippen molar-refractivity contribution in [3.8, 4) is 11.3 Å². The number of rotatable bonds is 3. The zero-order chi connectivity index (χ0) is 15.6. The largest absolute Gasteiger partial charge is 0.444 e. The molecule has 1 unspecified atom stereocenters. The number of amides is 1. The predicted molar refractivity (Wildman–Crippen MR) is 83.7 cm³/mol. The first-order valence-electron chi connectivity index (χ1n) is 7.59. The predicted octanol–water partition coefficient (Wildman–Crippen LogP) is 2.28. The Kier molecular flexibility index (Phi) is 3.42. The van der Waals surface area contributed by atoms with Crippen LogP contribution in [0.15, 0.2) is 53.7 Å². The number of fused-ring (bicyclic) bond motifs is 1. The average Bonchev–Trinajstić information content (AvgIpc) is 3.26. The van der Waals surface area contributed by atoms with E-state index in [4.69, 9.17) is 4.42 Å². The molecule has 1 amide bonds. The lowest BCUT2D eigenvalue weighted by molar-refractivity contribution is 0.0927. The highest BCUT2D eigenvalue weighted by Gasteiger charge is 2.20. The number of aromatic nitrogens is 3. The smallest absolute Gasteiger partial charge is 0.251 e. The van der Waals surface area contributed by atoms with Crippen molar-refractivity contribution in [3.63, 3.8) is 0 Å². The quantitative estimate of drug-likeness (QED) is 0.805. The van der Waals surface area contributed by atoms with E-state index < -0.39 is 0 Å². The number of hydrogen-bond donors (Lipinski definition) is 1. The number of benzene rings is 1. The van der Waals surface area contributed by atoms with Crippen molar-refractivity contribution in [2.24, 2.45) is 0 Å². The van der Waals surface area contributed by atoms with Crippen LogP contribution < -0.4 is 5.32 Å². The second kappa shape index (κ2) is 5.72. The number of oxazole rings is 1. The normalized spacial score (nSPS) is 16.8. The molecule has 3 aromatic rings. The van der Waals surface area contributed by atoms with Gasteiger partial charge < -0.3 is 14.3 Å². The van der Waals surface area contributed by atoms with Crippen LogP contribution in [0.3, 0.4) is 0 Å². The molecule has 0 saturated heterocycles. The van der Waals surface area contributed by atoms with E-state index in [-0.39, 0.29) is 11.9 Å². The molecule has 2 aromatic heterocycles. The summed E-state index contributed by atoms with van der Waals surface area (Å²) in [6.45, 7) is 0.775. The lowest BCUT2D eigenvalue weighted by atomic mass is 10.1. The summed E-state index contributed by atoms with van der Waals surface area (Å²) in [5, 5.41) is 3.10. The number of hydrogen-bond acceptors (Lipinski definition) is 4. The average molecular weight is 308 g/mol. The third kappa shape index (κ3) is 2.75. The van der Waals surface area contributed by atoms with Gasteiger partial charge in [-0.1, -0.05) is 12.1 Å². The minimum atomic E-state index is -0.0531. The molecule has 1 N–H and O–H groups in total. The van der Waals surface area contributed by atoms with Gasteiger partial charge in [0.05, 0.1) is 6.20 Å². The lowest BCUT2D eigenvalue weighted by Gasteiger charge is -2.24. The van der Waals surface area contributed by atoms with Crippen molar-refractivity contribution < 1.29 is 9.21 Å². The van der Waals surface area contributed by atoms with Crippen molar-refractivity contribution in [1.82, 2.24) is 19.9 Å². The summed E-state index contributed by atoms with van der Waals surface area (Å²) >= 11 is 0. The maximum Gasteiger partial charge on any atom is 0.251 e. The first-order chi connectivity index (χ1) is 11.3. The van der Waals surface area contributed by atoms with Gasteiger partial charge in [-0.3, -0.25) is 4.79 Å². The van der Waals surface area contributed by atoms with Crippen molar-refractivity contribution in [3.05, 3.63) is 60.6 Å². The maximum atomic E-state index is 12.4. The summed E-state index contributed by atoms with van der Waals surface area (Å²) in [5.74, 6) is 1.73. The van der Waals surface area contributed by atoms with E-state index in [1.165, 1.54) is 6.39 Å². The second-order valence-electron chi connectivity index (χ2n) is 5.65. The van der Waals surface area contributed by atoms with Gasteiger partial charge in [0.25, 0.3) is 5.91 Å². The summed E-state index contributed by atoms with van der Waals surface area (Å²) in [4.78, 5) is 20.6. The van der Waals surface area contributed by atoms with Crippen LogP contribution in [0.25, 0.3) is 11.3 Å². The first-order valence-corrected chi connectivity index (χ1v) is 7.59. The second-order valence-corrected chi connectivity index (χ2v) is 5.65. The van der Waals surface area contributed by atoms with Crippen LogP contribution in [0.5, 0.6) is 0 Å². The highest BCUT2D eigenvalue weighted by molar-refractivity contribution is 5.94. The molecule has 4 rings (SSSR count). The maximum absolute atomic E-state index is 12.4. The molecular formula is C17H16N4O2. The topological polar surface area (TPSA) is 73.0 Å². The monoisotopic (exact) mass is 308 g/mol. The molecule has 0 aliphatic carbocycles. The number of carbonyl (C=O) groups is 1. The standard InChI is InChI=1S/C17H16N4O2/c22-17(20-14-5-6-16-19-7-8-21(16)10-14)13-3-1-12(2-4-13)15-9-18-11-23-15/h1-4,7-9,11,14H,5-6,10H2,(H,20,22). The minimum absolute atomic E-state index is 0.0531. The molecule has 0 spiro atoms. The minimum Gasteiger partial charge on any atom is -0.444 e. The fourth-order valence-corrected chi connectivity index (χ4v) is 2.90. The zero-order valence-electron chi connectivity index (χ0n) is 12.5. The van der Waals surface area contributed by atoms with Crippen molar-refractivity contribution in [1.29, 1.82) is 0 Å². The molecule has 6 nitrogen and oxygen atoms in total. The Balaban J connectivity index is 1.43. The van der Waals surface area contributed by atoms with Gasteiger partial charge in [-0.25, -0.2) is 9.97 Å². The van der Waals surface area contributed by atoms with E-state index in [1.807, 2.05) is 24.5 Å². The molecule has 1 aliphatic heterocycles. The third-order valence-corrected chi connectivity index (χ3v) is 4.13. The summed E-state index contributed by atoms with van der Waals surface area (Å²) in [5.41, 5.74) is 1.55. The van der Waals surface area contributed by atoms with Crippen LogP contribution >= 0.6 is 0 Å². The van der Waals surface area contributed by atoms with Crippen molar-refractivity contribution >= 4 is 5.91 Å².